The van der Waals surface area contributed by atoms with Crippen LogP contribution < -0.4 is 4.90 Å². The molecule has 0 unspecified atom stereocenters. The second-order valence-electron chi connectivity index (χ2n) is 13.8. The minimum atomic E-state index is 0.708. The Morgan fingerprint density at radius 2 is 1.07 bits per heavy atom. The van der Waals surface area contributed by atoms with Gasteiger partial charge in [-0.3, -0.25) is 0 Å². The lowest BCUT2D eigenvalue weighted by atomic mass is 9.95. The molecule has 11 aromatic rings. The molecule has 0 saturated heterocycles. The van der Waals surface area contributed by atoms with Crippen LogP contribution in [0, 0.1) is 0 Å². The molecule has 0 fully saturated rings. The van der Waals surface area contributed by atoms with Crippen molar-refractivity contribution in [3.8, 4) is 33.8 Å². The van der Waals surface area contributed by atoms with Crippen LogP contribution >= 0.6 is 11.3 Å². The normalized spacial score (nSPS) is 11.6. The van der Waals surface area contributed by atoms with Crippen LogP contribution in [0.15, 0.2) is 192 Å². The van der Waals surface area contributed by atoms with Gasteiger partial charge in [0.25, 0.3) is 0 Å². The van der Waals surface area contributed by atoms with Crippen molar-refractivity contribution in [1.82, 2.24) is 9.97 Å². The van der Waals surface area contributed by atoms with E-state index in [1.54, 1.807) is 11.3 Å². The molecule has 0 aliphatic heterocycles. The number of thiophene rings is 1. The smallest absolute Gasteiger partial charge is 0.160 e. The van der Waals surface area contributed by atoms with Crippen molar-refractivity contribution in [2.75, 3.05) is 4.90 Å². The molecular formula is C50H31N3OS. The number of aromatic nitrogens is 2. The third-order valence-corrected chi connectivity index (χ3v) is 11.6. The van der Waals surface area contributed by atoms with E-state index in [9.17, 15) is 0 Å². The number of rotatable bonds is 6. The van der Waals surface area contributed by atoms with Crippen LogP contribution in [0.2, 0.25) is 0 Å². The highest BCUT2D eigenvalue weighted by molar-refractivity contribution is 7.26. The molecule has 4 nitrogen and oxygen atoms in total. The zero-order chi connectivity index (χ0) is 36.3. The van der Waals surface area contributed by atoms with Crippen LogP contribution in [0.5, 0.6) is 0 Å². The number of para-hydroxylation sites is 2. The Bertz CT molecular complexity index is 3150. The number of fused-ring (bicyclic) bond motifs is 7. The fourth-order valence-electron chi connectivity index (χ4n) is 7.87. The third kappa shape index (κ3) is 5.28. The summed E-state index contributed by atoms with van der Waals surface area (Å²) in [5.74, 6) is 0.708. The summed E-state index contributed by atoms with van der Waals surface area (Å²) in [6.45, 7) is 0. The molecule has 0 aliphatic rings. The summed E-state index contributed by atoms with van der Waals surface area (Å²) >= 11 is 1.75. The predicted molar refractivity (Wildman–Crippen MR) is 231 cm³/mol. The van der Waals surface area contributed by atoms with E-state index in [1.165, 1.54) is 10.1 Å². The lowest BCUT2D eigenvalue weighted by Gasteiger charge is -2.25. The number of hydrogen-bond donors (Lipinski definition) is 0. The minimum Gasteiger partial charge on any atom is -0.455 e. The number of hydrogen-bond acceptors (Lipinski definition) is 5. The summed E-state index contributed by atoms with van der Waals surface area (Å²) in [6.07, 6.45) is 0. The Morgan fingerprint density at radius 3 is 1.80 bits per heavy atom. The van der Waals surface area contributed by atoms with Gasteiger partial charge in [0.2, 0.25) is 0 Å². The van der Waals surface area contributed by atoms with Gasteiger partial charge >= 0.3 is 0 Å². The average Bonchev–Trinajstić information content (AvgIpc) is 3.82. The van der Waals surface area contributed by atoms with Gasteiger partial charge in [0, 0.05) is 54.6 Å². The highest BCUT2D eigenvalue weighted by atomic mass is 32.1. The second kappa shape index (κ2) is 12.8. The molecule has 8 aromatic carbocycles. The van der Waals surface area contributed by atoms with Crippen molar-refractivity contribution in [2.24, 2.45) is 0 Å². The van der Waals surface area contributed by atoms with E-state index in [0.717, 1.165) is 87.9 Å². The molecule has 0 spiro atoms. The van der Waals surface area contributed by atoms with Gasteiger partial charge in [0.05, 0.1) is 15.9 Å². The molecule has 0 amide bonds. The van der Waals surface area contributed by atoms with Crippen molar-refractivity contribution in [1.29, 1.82) is 0 Å². The van der Waals surface area contributed by atoms with E-state index in [2.05, 4.69) is 175 Å². The van der Waals surface area contributed by atoms with Gasteiger partial charge in [0.15, 0.2) is 5.82 Å². The molecule has 0 radical (unpaired) electrons. The Hall–Kier alpha value is -7.08. The first-order chi connectivity index (χ1) is 27.3. The van der Waals surface area contributed by atoms with E-state index in [1.807, 2.05) is 18.2 Å². The molecule has 11 rings (SSSR count). The SMILES string of the molecule is c1ccc(-c2nc(-c3ccc(-c4ccc(N(c5ccccc5)c5ccccc5)cc4)c4oc5cc6ccccc6cc5c34)c3sc4ccccc4c3n2)cc1. The standard InChI is InChI=1S/C50H31N3OS/c1-4-14-33(15-5-1)50-51-46-40-22-12-13-23-44(40)55-49(46)47(52-50)41-29-28-39(48-45(41)42-30-34-16-10-11-17-35(34)31-43(42)54-48)32-24-26-38(27-25-32)53(36-18-6-2-7-19-36)37-20-8-3-9-21-37/h1-31H. The fraction of sp³-hybridized carbons (Fsp3) is 0. The van der Waals surface area contributed by atoms with Crippen LogP contribution in [0.25, 0.3) is 86.8 Å². The maximum Gasteiger partial charge on any atom is 0.160 e. The Kier molecular flexibility index (Phi) is 7.32. The van der Waals surface area contributed by atoms with E-state index >= 15 is 0 Å². The Labute approximate surface area is 321 Å². The number of nitrogens with zero attached hydrogens (tertiary/aromatic N) is 3. The minimum absolute atomic E-state index is 0.708. The van der Waals surface area contributed by atoms with E-state index < -0.39 is 0 Å². The van der Waals surface area contributed by atoms with Crippen LogP contribution in [0.3, 0.4) is 0 Å². The van der Waals surface area contributed by atoms with Crippen molar-refractivity contribution in [3.05, 3.63) is 188 Å². The lowest BCUT2D eigenvalue weighted by Crippen LogP contribution is -2.09. The van der Waals surface area contributed by atoms with Crippen LogP contribution in [-0.4, -0.2) is 9.97 Å². The maximum atomic E-state index is 6.96. The highest BCUT2D eigenvalue weighted by Gasteiger charge is 2.23. The third-order valence-electron chi connectivity index (χ3n) is 10.5. The van der Waals surface area contributed by atoms with Crippen molar-refractivity contribution < 1.29 is 4.42 Å². The summed E-state index contributed by atoms with van der Waals surface area (Å²) in [7, 11) is 0. The average molecular weight is 722 g/mol. The van der Waals surface area contributed by atoms with E-state index in [0.29, 0.717) is 5.82 Å². The van der Waals surface area contributed by atoms with Gasteiger partial charge in [0.1, 0.15) is 11.2 Å². The first kappa shape index (κ1) is 31.4. The van der Waals surface area contributed by atoms with Gasteiger partial charge in [-0.1, -0.05) is 127 Å². The summed E-state index contributed by atoms with van der Waals surface area (Å²) in [5, 5.41) is 5.56. The highest BCUT2D eigenvalue weighted by Crippen LogP contribution is 2.47. The first-order valence-electron chi connectivity index (χ1n) is 18.4. The molecule has 258 valence electrons. The molecule has 0 saturated carbocycles. The second-order valence-corrected chi connectivity index (χ2v) is 14.8. The fourth-order valence-corrected chi connectivity index (χ4v) is 9.02. The Morgan fingerprint density at radius 1 is 0.473 bits per heavy atom. The summed E-state index contributed by atoms with van der Waals surface area (Å²) in [6, 6.07) is 65.9. The molecular weight excluding hydrogens is 691 g/mol. The van der Waals surface area contributed by atoms with E-state index in [4.69, 9.17) is 14.4 Å². The number of benzene rings is 8. The van der Waals surface area contributed by atoms with Crippen molar-refractivity contribution >= 4 is 81.4 Å². The van der Waals surface area contributed by atoms with E-state index in [-0.39, 0.29) is 0 Å². The van der Waals surface area contributed by atoms with Gasteiger partial charge in [-0.2, -0.15) is 0 Å². The van der Waals surface area contributed by atoms with Crippen molar-refractivity contribution in [2.45, 2.75) is 0 Å². The molecule has 0 atom stereocenters. The molecule has 55 heavy (non-hydrogen) atoms. The molecule has 5 heteroatoms. The molecule has 0 aliphatic carbocycles. The van der Waals surface area contributed by atoms with Crippen LogP contribution in [0.4, 0.5) is 17.1 Å². The predicted octanol–water partition coefficient (Wildman–Crippen LogP) is 14.4. The molecule has 3 heterocycles. The Balaban J connectivity index is 1.15. The van der Waals surface area contributed by atoms with Gasteiger partial charge in [-0.25, -0.2) is 9.97 Å². The molecule has 3 aromatic heterocycles. The van der Waals surface area contributed by atoms with Gasteiger partial charge in [-0.15, -0.1) is 11.3 Å². The summed E-state index contributed by atoms with van der Waals surface area (Å²) < 4.78 is 9.22. The monoisotopic (exact) mass is 721 g/mol. The van der Waals surface area contributed by atoms with Gasteiger partial charge < -0.3 is 9.32 Å². The quantitative estimate of drug-likeness (QED) is 0.171. The first-order valence-corrected chi connectivity index (χ1v) is 19.2. The van der Waals surface area contributed by atoms with Crippen LogP contribution in [0.1, 0.15) is 0 Å². The zero-order valence-electron chi connectivity index (χ0n) is 29.6. The summed E-state index contributed by atoms with van der Waals surface area (Å²) in [4.78, 5) is 12.9. The molecule has 0 N–H and O–H groups in total. The van der Waals surface area contributed by atoms with Gasteiger partial charge in [-0.05, 0) is 77.0 Å². The number of furan rings is 1. The largest absolute Gasteiger partial charge is 0.455 e. The van der Waals surface area contributed by atoms with Crippen LogP contribution in [-0.2, 0) is 0 Å². The number of anilines is 3. The zero-order valence-corrected chi connectivity index (χ0v) is 30.4. The lowest BCUT2D eigenvalue weighted by molar-refractivity contribution is 0.670. The summed E-state index contributed by atoms with van der Waals surface area (Å²) in [5.41, 5.74) is 11.0. The van der Waals surface area contributed by atoms with Crippen molar-refractivity contribution in [3.63, 3.8) is 0 Å². The maximum absolute atomic E-state index is 6.96. The topological polar surface area (TPSA) is 42.2 Å². The molecule has 0 bridgehead atoms.